The van der Waals surface area contributed by atoms with Gasteiger partial charge in [-0.25, -0.2) is 9.48 Å². The van der Waals surface area contributed by atoms with Gasteiger partial charge < -0.3 is 15.3 Å². The Morgan fingerprint density at radius 1 is 0.944 bits per heavy atom. The van der Waals surface area contributed by atoms with Crippen LogP contribution in [0.5, 0.6) is 0 Å². The second kappa shape index (κ2) is 11.2. The maximum Gasteiger partial charge on any atom is 0.435 e. The summed E-state index contributed by atoms with van der Waals surface area (Å²) in [5.74, 6) is -0.334. The molecule has 1 aromatic heterocycles. The molecule has 0 aliphatic rings. The molecule has 0 atom stereocenters. The maximum absolute atomic E-state index is 13.2. The van der Waals surface area contributed by atoms with Crippen molar-refractivity contribution in [1.29, 1.82) is 0 Å². The van der Waals surface area contributed by atoms with Gasteiger partial charge in [-0.15, -0.1) is 0 Å². The van der Waals surface area contributed by atoms with E-state index in [-0.39, 0.29) is 34.5 Å². The molecule has 1 aromatic carbocycles. The molecule has 0 unspecified atom stereocenters. The topological polar surface area (TPSA) is 87.5 Å². The molecular formula is C23H28F6N4O3. The van der Waals surface area contributed by atoms with Gasteiger partial charge in [0.05, 0.1) is 5.69 Å². The van der Waals surface area contributed by atoms with E-state index in [4.69, 9.17) is 0 Å². The van der Waals surface area contributed by atoms with Crippen molar-refractivity contribution in [3.05, 3.63) is 41.7 Å². The summed E-state index contributed by atoms with van der Waals surface area (Å²) < 4.78 is 78.3. The predicted octanol–water partition coefficient (Wildman–Crippen LogP) is 6.58. The van der Waals surface area contributed by atoms with Gasteiger partial charge in [-0.3, -0.25) is 4.79 Å². The number of aromatic nitrogens is 2. The van der Waals surface area contributed by atoms with Crippen molar-refractivity contribution in [2.24, 2.45) is 0 Å². The number of halogens is 6. The third-order valence-electron chi connectivity index (χ3n) is 5.26. The van der Waals surface area contributed by atoms with Crippen LogP contribution in [0.25, 0.3) is 5.69 Å². The number of carbonyl (C=O) groups excluding carboxylic acids is 1. The first-order valence-corrected chi connectivity index (χ1v) is 11.2. The number of nitrogens with one attached hydrogen (secondary N) is 1. The summed E-state index contributed by atoms with van der Waals surface area (Å²) >= 11 is 0. The molecule has 200 valence electrons. The van der Waals surface area contributed by atoms with Crippen molar-refractivity contribution in [2.75, 3.05) is 11.9 Å². The smallest absolute Gasteiger partial charge is 0.435 e. The summed E-state index contributed by atoms with van der Waals surface area (Å²) in [6.45, 7) is 5.81. The first-order valence-electron chi connectivity index (χ1n) is 11.2. The van der Waals surface area contributed by atoms with Gasteiger partial charge in [-0.05, 0) is 57.9 Å². The van der Waals surface area contributed by atoms with Crippen LogP contribution in [0.1, 0.15) is 64.3 Å². The van der Waals surface area contributed by atoms with Gasteiger partial charge in [-0.1, -0.05) is 12.8 Å². The van der Waals surface area contributed by atoms with Gasteiger partial charge in [0, 0.05) is 30.3 Å². The molecule has 0 saturated heterocycles. The van der Waals surface area contributed by atoms with Crippen LogP contribution in [-0.2, 0) is 17.1 Å². The van der Waals surface area contributed by atoms with E-state index >= 15 is 0 Å². The lowest BCUT2D eigenvalue weighted by Crippen LogP contribution is -2.45. The molecule has 13 heteroatoms. The van der Waals surface area contributed by atoms with Crippen molar-refractivity contribution >= 4 is 17.7 Å². The zero-order chi connectivity index (χ0) is 27.3. The fourth-order valence-electron chi connectivity index (χ4n) is 3.45. The first kappa shape index (κ1) is 29.0. The minimum absolute atomic E-state index is 0.0575. The van der Waals surface area contributed by atoms with Gasteiger partial charge in [-0.2, -0.15) is 31.4 Å². The fraction of sp³-hybridized carbons (Fsp3) is 0.522. The van der Waals surface area contributed by atoms with Crippen LogP contribution < -0.4 is 5.32 Å². The standard InChI is InChI=1S/C23H28F6N4O3/c1-21(2,3)32(20(35)36)13-7-5-4-6-8-19(34)30-15-9-11-16(12-10-15)33-18(23(27,28)29)14-17(31-33)22(24,25)26/h9-12,14H,4-8,13H2,1-3H3,(H,30,34)(H,35,36). The maximum atomic E-state index is 13.2. The van der Waals surface area contributed by atoms with Crippen LogP contribution >= 0.6 is 0 Å². The highest BCUT2D eigenvalue weighted by atomic mass is 19.4. The van der Waals surface area contributed by atoms with Gasteiger partial charge in [0.25, 0.3) is 0 Å². The Kier molecular flexibility index (Phi) is 9.03. The van der Waals surface area contributed by atoms with Crippen LogP contribution in [-0.4, -0.2) is 43.9 Å². The lowest BCUT2D eigenvalue weighted by atomic mass is 10.1. The minimum Gasteiger partial charge on any atom is -0.465 e. The Labute approximate surface area is 204 Å². The number of hydrogen-bond donors (Lipinski definition) is 2. The number of carboxylic acid groups (broad SMARTS) is 1. The van der Waals surface area contributed by atoms with Crippen LogP contribution in [0.4, 0.5) is 36.8 Å². The minimum atomic E-state index is -5.05. The highest BCUT2D eigenvalue weighted by Gasteiger charge is 2.42. The Hall–Kier alpha value is -3.25. The van der Waals surface area contributed by atoms with Crippen molar-refractivity contribution in [3.63, 3.8) is 0 Å². The molecule has 0 spiro atoms. The molecular weight excluding hydrogens is 494 g/mol. The molecule has 0 aliphatic heterocycles. The van der Waals surface area contributed by atoms with Crippen molar-refractivity contribution < 1.29 is 41.0 Å². The zero-order valence-electron chi connectivity index (χ0n) is 20.0. The average Bonchev–Trinajstić information content (AvgIpc) is 3.19. The number of benzene rings is 1. The summed E-state index contributed by atoms with van der Waals surface area (Å²) in [5.41, 5.74) is -3.72. The predicted molar refractivity (Wildman–Crippen MR) is 120 cm³/mol. The van der Waals surface area contributed by atoms with E-state index in [9.17, 15) is 41.0 Å². The van der Waals surface area contributed by atoms with Crippen LogP contribution in [0.3, 0.4) is 0 Å². The highest BCUT2D eigenvalue weighted by Crippen LogP contribution is 2.36. The third kappa shape index (κ3) is 8.16. The second-order valence-corrected chi connectivity index (χ2v) is 9.19. The molecule has 0 fully saturated rings. The van der Waals surface area contributed by atoms with Crippen LogP contribution in [0.2, 0.25) is 0 Å². The number of anilines is 1. The molecule has 2 amide bonds. The summed E-state index contributed by atoms with van der Waals surface area (Å²) in [7, 11) is 0. The van der Waals surface area contributed by atoms with Crippen LogP contribution in [0, 0.1) is 0 Å². The van der Waals surface area contributed by atoms with E-state index in [2.05, 4.69) is 10.4 Å². The van der Waals surface area contributed by atoms with Crippen LogP contribution in [0.15, 0.2) is 30.3 Å². The Balaban J connectivity index is 1.89. The molecule has 0 aliphatic carbocycles. The van der Waals surface area contributed by atoms with Gasteiger partial charge in [0.2, 0.25) is 5.91 Å². The number of carbonyl (C=O) groups is 2. The number of amides is 2. The van der Waals surface area contributed by atoms with E-state index in [1.54, 1.807) is 0 Å². The van der Waals surface area contributed by atoms with E-state index in [1.165, 1.54) is 17.0 Å². The first-order chi connectivity index (χ1) is 16.5. The SMILES string of the molecule is CC(C)(C)N(CCCCCCC(=O)Nc1ccc(-n2nc(C(F)(F)F)cc2C(F)(F)F)cc1)C(=O)O. The summed E-state index contributed by atoms with van der Waals surface area (Å²) in [6, 6.07) is 4.74. The number of alkyl halides is 6. The summed E-state index contributed by atoms with van der Waals surface area (Å²) in [6.07, 6.45) is -8.28. The summed E-state index contributed by atoms with van der Waals surface area (Å²) in [5, 5.41) is 14.9. The Morgan fingerprint density at radius 2 is 1.53 bits per heavy atom. The van der Waals surface area contributed by atoms with Gasteiger partial charge in [0.15, 0.2) is 5.69 Å². The normalized spacial score (nSPS) is 12.5. The Morgan fingerprint density at radius 3 is 2.03 bits per heavy atom. The number of rotatable bonds is 9. The van der Waals surface area contributed by atoms with Crippen molar-refractivity contribution in [1.82, 2.24) is 14.7 Å². The lowest BCUT2D eigenvalue weighted by molar-refractivity contribution is -0.143. The van der Waals surface area contributed by atoms with Gasteiger partial charge in [0.1, 0.15) is 5.69 Å². The monoisotopic (exact) mass is 522 g/mol. The van der Waals surface area contributed by atoms with E-state index in [0.717, 1.165) is 18.6 Å². The van der Waals surface area contributed by atoms with E-state index in [0.29, 0.717) is 25.8 Å². The number of nitrogens with zero attached hydrogens (tertiary/aromatic N) is 3. The number of unbranched alkanes of at least 4 members (excludes halogenated alkanes) is 3. The Bertz CT molecular complexity index is 1040. The van der Waals surface area contributed by atoms with E-state index < -0.39 is 35.4 Å². The quantitative estimate of drug-likeness (QED) is 0.288. The summed E-state index contributed by atoms with van der Waals surface area (Å²) in [4.78, 5) is 24.8. The molecule has 2 rings (SSSR count). The largest absolute Gasteiger partial charge is 0.465 e. The average molecular weight is 522 g/mol. The van der Waals surface area contributed by atoms with E-state index in [1.807, 2.05) is 20.8 Å². The molecule has 1 heterocycles. The molecule has 0 radical (unpaired) electrons. The zero-order valence-corrected chi connectivity index (χ0v) is 20.0. The molecule has 7 nitrogen and oxygen atoms in total. The molecule has 0 bridgehead atoms. The lowest BCUT2D eigenvalue weighted by Gasteiger charge is -2.33. The number of hydrogen-bond acceptors (Lipinski definition) is 3. The molecule has 36 heavy (non-hydrogen) atoms. The molecule has 2 N–H and O–H groups in total. The second-order valence-electron chi connectivity index (χ2n) is 9.19. The molecule has 2 aromatic rings. The highest BCUT2D eigenvalue weighted by molar-refractivity contribution is 5.90. The van der Waals surface area contributed by atoms with Crippen molar-refractivity contribution in [2.45, 2.75) is 70.8 Å². The fourth-order valence-corrected chi connectivity index (χ4v) is 3.45. The van der Waals surface area contributed by atoms with Crippen molar-refractivity contribution in [3.8, 4) is 5.69 Å². The molecule has 0 saturated carbocycles. The van der Waals surface area contributed by atoms with Gasteiger partial charge >= 0.3 is 18.4 Å². The third-order valence-corrected chi connectivity index (χ3v) is 5.26.